The van der Waals surface area contributed by atoms with Crippen LogP contribution in [-0.2, 0) is 0 Å². The predicted octanol–water partition coefficient (Wildman–Crippen LogP) is 3.13. The molecule has 1 amide bonds. The quantitative estimate of drug-likeness (QED) is 0.646. The van der Waals surface area contributed by atoms with E-state index in [4.69, 9.17) is 5.11 Å². The molecule has 0 fully saturated rings. The molecule has 0 aliphatic heterocycles. The molecule has 0 aliphatic rings. The van der Waals surface area contributed by atoms with Crippen LogP contribution in [0.5, 0.6) is 0 Å². The Labute approximate surface area is 125 Å². The number of unbranched alkanes of at least 4 members (excludes halogenated alkanes) is 2. The third kappa shape index (κ3) is 4.66. The molecule has 0 saturated heterocycles. The maximum Gasteiger partial charge on any atom is 0.265 e. The lowest BCUT2D eigenvalue weighted by Gasteiger charge is -2.26. The lowest BCUT2D eigenvalue weighted by Crippen LogP contribution is -2.37. The molecule has 0 bridgehead atoms. The van der Waals surface area contributed by atoms with E-state index < -0.39 is 0 Å². The first-order valence-electron chi connectivity index (χ1n) is 7.10. The summed E-state index contributed by atoms with van der Waals surface area (Å²) in [5, 5.41) is 10.6. The van der Waals surface area contributed by atoms with E-state index in [2.05, 4.69) is 18.8 Å². The van der Waals surface area contributed by atoms with E-state index in [0.717, 1.165) is 31.4 Å². The second-order valence-electron chi connectivity index (χ2n) is 4.92. The van der Waals surface area contributed by atoms with Gasteiger partial charge in [-0.25, -0.2) is 0 Å². The van der Waals surface area contributed by atoms with Crippen molar-refractivity contribution in [3.05, 3.63) is 21.9 Å². The minimum atomic E-state index is -0.187. The first-order chi connectivity index (χ1) is 9.61. The van der Waals surface area contributed by atoms with Crippen molar-refractivity contribution in [1.29, 1.82) is 0 Å². The average Bonchev–Trinajstić information content (AvgIpc) is 2.88. The maximum absolute atomic E-state index is 12.6. The SMILES string of the molecule is CCCCCN(C(=O)c1sccc1C#CCO)C(C)C. The van der Waals surface area contributed by atoms with E-state index in [1.54, 1.807) is 0 Å². The number of nitrogens with zero attached hydrogens (tertiary/aromatic N) is 1. The van der Waals surface area contributed by atoms with Crippen LogP contribution in [0.15, 0.2) is 11.4 Å². The summed E-state index contributed by atoms with van der Waals surface area (Å²) in [6, 6.07) is 2.02. The number of thiophene rings is 1. The Morgan fingerprint density at radius 2 is 2.20 bits per heavy atom. The number of amides is 1. The van der Waals surface area contributed by atoms with E-state index in [1.807, 2.05) is 30.2 Å². The topological polar surface area (TPSA) is 40.5 Å². The van der Waals surface area contributed by atoms with Crippen LogP contribution >= 0.6 is 11.3 Å². The molecule has 0 saturated carbocycles. The van der Waals surface area contributed by atoms with Crippen LogP contribution in [0.4, 0.5) is 0 Å². The predicted molar refractivity (Wildman–Crippen MR) is 84.0 cm³/mol. The van der Waals surface area contributed by atoms with Gasteiger partial charge < -0.3 is 10.0 Å². The smallest absolute Gasteiger partial charge is 0.265 e. The molecule has 0 unspecified atom stereocenters. The van der Waals surface area contributed by atoms with Gasteiger partial charge in [0, 0.05) is 18.2 Å². The van der Waals surface area contributed by atoms with Crippen LogP contribution < -0.4 is 0 Å². The van der Waals surface area contributed by atoms with E-state index in [9.17, 15) is 4.79 Å². The van der Waals surface area contributed by atoms with Gasteiger partial charge in [0.25, 0.3) is 5.91 Å². The van der Waals surface area contributed by atoms with Gasteiger partial charge in [0.2, 0.25) is 0 Å². The van der Waals surface area contributed by atoms with Crippen molar-refractivity contribution in [2.75, 3.05) is 13.2 Å². The third-order valence-electron chi connectivity index (χ3n) is 3.05. The highest BCUT2D eigenvalue weighted by Gasteiger charge is 2.21. The molecule has 1 aromatic rings. The second kappa shape index (κ2) is 8.78. The van der Waals surface area contributed by atoms with E-state index in [0.29, 0.717) is 4.88 Å². The van der Waals surface area contributed by atoms with Gasteiger partial charge in [-0.1, -0.05) is 31.6 Å². The van der Waals surface area contributed by atoms with Crippen molar-refractivity contribution in [3.8, 4) is 11.8 Å². The summed E-state index contributed by atoms with van der Waals surface area (Å²) in [6.45, 7) is 6.83. The number of hydrogen-bond acceptors (Lipinski definition) is 3. The molecule has 110 valence electrons. The summed E-state index contributed by atoms with van der Waals surface area (Å²) in [6.07, 6.45) is 3.31. The highest BCUT2D eigenvalue weighted by atomic mass is 32.1. The van der Waals surface area contributed by atoms with Crippen LogP contribution in [0.25, 0.3) is 0 Å². The number of aliphatic hydroxyl groups excluding tert-OH is 1. The number of carbonyl (C=O) groups is 1. The van der Waals surface area contributed by atoms with Crippen molar-refractivity contribution in [2.24, 2.45) is 0 Å². The maximum atomic E-state index is 12.6. The molecule has 0 aromatic carbocycles. The zero-order valence-corrected chi connectivity index (χ0v) is 13.3. The Morgan fingerprint density at radius 3 is 2.80 bits per heavy atom. The van der Waals surface area contributed by atoms with E-state index >= 15 is 0 Å². The Kier molecular flexibility index (Phi) is 7.35. The first-order valence-corrected chi connectivity index (χ1v) is 7.98. The van der Waals surface area contributed by atoms with Gasteiger partial charge in [-0.15, -0.1) is 11.3 Å². The first kappa shape index (κ1) is 16.7. The van der Waals surface area contributed by atoms with Gasteiger partial charge in [0.1, 0.15) is 11.5 Å². The summed E-state index contributed by atoms with van der Waals surface area (Å²) >= 11 is 1.42. The summed E-state index contributed by atoms with van der Waals surface area (Å²) in [7, 11) is 0. The lowest BCUT2D eigenvalue weighted by molar-refractivity contribution is 0.0707. The largest absolute Gasteiger partial charge is 0.384 e. The molecule has 0 spiro atoms. The fraction of sp³-hybridized carbons (Fsp3) is 0.562. The number of hydrogen-bond donors (Lipinski definition) is 1. The molecule has 1 N–H and O–H groups in total. The monoisotopic (exact) mass is 293 g/mol. The average molecular weight is 293 g/mol. The fourth-order valence-corrected chi connectivity index (χ4v) is 2.77. The standard InChI is InChI=1S/C16H23NO2S/c1-4-5-6-10-17(13(2)3)16(19)15-14(8-7-11-18)9-12-20-15/h9,12-13,18H,4-6,10-11H2,1-3H3. The molecule has 1 rings (SSSR count). The van der Waals surface area contributed by atoms with Gasteiger partial charge in [-0.05, 0) is 31.7 Å². The summed E-state index contributed by atoms with van der Waals surface area (Å²) in [5.41, 5.74) is 0.718. The Balaban J connectivity index is 2.86. The molecule has 1 heterocycles. The normalized spacial score (nSPS) is 10.2. The van der Waals surface area contributed by atoms with Gasteiger partial charge in [-0.3, -0.25) is 4.79 Å². The minimum absolute atomic E-state index is 0.0494. The molecular weight excluding hydrogens is 270 g/mol. The van der Waals surface area contributed by atoms with Crippen LogP contribution in [0.1, 0.15) is 55.3 Å². The van der Waals surface area contributed by atoms with Crippen molar-refractivity contribution in [2.45, 2.75) is 46.1 Å². The highest BCUT2D eigenvalue weighted by molar-refractivity contribution is 7.12. The van der Waals surface area contributed by atoms with Crippen LogP contribution in [0, 0.1) is 11.8 Å². The van der Waals surface area contributed by atoms with Crippen molar-refractivity contribution < 1.29 is 9.90 Å². The zero-order valence-electron chi connectivity index (χ0n) is 12.5. The summed E-state index contributed by atoms with van der Waals surface area (Å²) < 4.78 is 0. The third-order valence-corrected chi connectivity index (χ3v) is 3.95. The Hall–Kier alpha value is -1.31. The van der Waals surface area contributed by atoms with Crippen molar-refractivity contribution in [3.63, 3.8) is 0 Å². The number of rotatable bonds is 6. The minimum Gasteiger partial charge on any atom is -0.384 e. The second-order valence-corrected chi connectivity index (χ2v) is 5.84. The van der Waals surface area contributed by atoms with Gasteiger partial charge in [0.15, 0.2) is 0 Å². The Morgan fingerprint density at radius 1 is 1.45 bits per heavy atom. The number of carbonyl (C=O) groups excluding carboxylic acids is 1. The Bertz CT molecular complexity index is 482. The fourth-order valence-electron chi connectivity index (χ4n) is 1.96. The number of aliphatic hydroxyl groups is 1. The molecule has 0 aliphatic carbocycles. The van der Waals surface area contributed by atoms with Gasteiger partial charge >= 0.3 is 0 Å². The molecule has 1 aromatic heterocycles. The molecule has 4 heteroatoms. The van der Waals surface area contributed by atoms with Crippen LogP contribution in [0.3, 0.4) is 0 Å². The zero-order chi connectivity index (χ0) is 15.0. The van der Waals surface area contributed by atoms with E-state index in [-0.39, 0.29) is 18.6 Å². The molecular formula is C16H23NO2S. The van der Waals surface area contributed by atoms with Gasteiger partial charge in [-0.2, -0.15) is 0 Å². The highest BCUT2D eigenvalue weighted by Crippen LogP contribution is 2.20. The molecule has 20 heavy (non-hydrogen) atoms. The molecule has 0 atom stereocenters. The van der Waals surface area contributed by atoms with Crippen LogP contribution in [0.2, 0.25) is 0 Å². The van der Waals surface area contributed by atoms with Crippen LogP contribution in [-0.4, -0.2) is 35.1 Å². The van der Waals surface area contributed by atoms with Crippen molar-refractivity contribution in [1.82, 2.24) is 4.90 Å². The molecule has 3 nitrogen and oxygen atoms in total. The van der Waals surface area contributed by atoms with Gasteiger partial charge in [0.05, 0.1) is 0 Å². The van der Waals surface area contributed by atoms with E-state index in [1.165, 1.54) is 11.3 Å². The lowest BCUT2D eigenvalue weighted by atomic mass is 10.2. The summed E-state index contributed by atoms with van der Waals surface area (Å²) in [5.74, 6) is 5.51. The molecule has 0 radical (unpaired) electrons. The summed E-state index contributed by atoms with van der Waals surface area (Å²) in [4.78, 5) is 15.2. The van der Waals surface area contributed by atoms with Crippen molar-refractivity contribution >= 4 is 17.2 Å².